The van der Waals surface area contributed by atoms with E-state index in [2.05, 4.69) is 5.16 Å². The predicted molar refractivity (Wildman–Crippen MR) is 66.8 cm³/mol. The fourth-order valence-corrected chi connectivity index (χ4v) is 2.26. The Balaban J connectivity index is 2.28. The van der Waals surface area contributed by atoms with Crippen LogP contribution in [0.2, 0.25) is 0 Å². The van der Waals surface area contributed by atoms with E-state index in [1.807, 2.05) is 0 Å². The minimum Gasteiger partial charge on any atom is -0.453 e. The van der Waals surface area contributed by atoms with Crippen molar-refractivity contribution in [3.8, 4) is 17.1 Å². The number of benzene rings is 1. The molecule has 1 atom stereocenters. The lowest BCUT2D eigenvalue weighted by molar-refractivity contribution is -0.144. The summed E-state index contributed by atoms with van der Waals surface area (Å²) in [5.41, 5.74) is 0.824. The number of aromatic nitrogens is 1. The van der Waals surface area contributed by atoms with Gasteiger partial charge in [0.1, 0.15) is 5.75 Å². The van der Waals surface area contributed by atoms with Crippen molar-refractivity contribution in [1.82, 2.24) is 5.16 Å². The quantitative estimate of drug-likeness (QED) is 0.759. The summed E-state index contributed by atoms with van der Waals surface area (Å²) >= 11 is 17.4. The molecule has 0 saturated heterocycles. The molecule has 0 amide bonds. The fourth-order valence-electron chi connectivity index (χ4n) is 1.84. The molecule has 0 fully saturated rings. The van der Waals surface area contributed by atoms with Gasteiger partial charge in [-0.3, -0.25) is 0 Å². The van der Waals surface area contributed by atoms with Crippen LogP contribution in [0.4, 0.5) is 0 Å². The lowest BCUT2D eigenvalue weighted by Gasteiger charge is -2.37. The summed E-state index contributed by atoms with van der Waals surface area (Å²) in [5, 5.41) is 14.1. The van der Waals surface area contributed by atoms with Gasteiger partial charge < -0.3 is 14.4 Å². The van der Waals surface area contributed by atoms with Gasteiger partial charge >= 0.3 is 0 Å². The topological polar surface area (TPSA) is 55.5 Å². The smallest absolute Gasteiger partial charge is 0.288 e. The zero-order valence-corrected chi connectivity index (χ0v) is 11.0. The van der Waals surface area contributed by atoms with Crippen LogP contribution in [0.3, 0.4) is 0 Å². The maximum Gasteiger partial charge on any atom is 0.288 e. The summed E-state index contributed by atoms with van der Waals surface area (Å²) in [5.74, 6) is -1.46. The van der Waals surface area contributed by atoms with Crippen molar-refractivity contribution < 1.29 is 14.4 Å². The first-order valence-corrected chi connectivity index (χ1v) is 6.09. The summed E-state index contributed by atoms with van der Waals surface area (Å²) in [4.78, 5) is 0. The van der Waals surface area contributed by atoms with Gasteiger partial charge in [-0.2, -0.15) is 0 Å². The Morgan fingerprint density at radius 2 is 1.94 bits per heavy atom. The summed E-state index contributed by atoms with van der Waals surface area (Å²) in [7, 11) is 0. The Morgan fingerprint density at radius 1 is 1.22 bits per heavy atom. The monoisotopic (exact) mass is 305 g/mol. The number of fused-ring (bicyclic) bond motifs is 3. The van der Waals surface area contributed by atoms with E-state index in [0.717, 1.165) is 0 Å². The second-order valence-electron chi connectivity index (χ2n) is 3.81. The molecular weight excluding hydrogens is 300 g/mol. The van der Waals surface area contributed by atoms with E-state index in [9.17, 15) is 5.11 Å². The Bertz CT molecular complexity index is 608. The molecule has 18 heavy (non-hydrogen) atoms. The molecule has 0 saturated carbocycles. The molecule has 4 nitrogen and oxygen atoms in total. The molecule has 2 aromatic rings. The number of alkyl halides is 3. The van der Waals surface area contributed by atoms with Crippen LogP contribution in [0.15, 0.2) is 35.0 Å². The average Bonchev–Trinajstić information content (AvgIpc) is 2.77. The Hall–Kier alpha value is -0.940. The maximum absolute atomic E-state index is 10.5. The molecule has 94 valence electrons. The Labute approximate surface area is 117 Å². The molecule has 7 heteroatoms. The summed E-state index contributed by atoms with van der Waals surface area (Å²) < 4.78 is 8.45. The molecule has 1 unspecified atom stereocenters. The largest absolute Gasteiger partial charge is 0.453 e. The highest BCUT2D eigenvalue weighted by Gasteiger charge is 2.56. The molecule has 3 rings (SSSR count). The molecule has 1 aliphatic rings. The number of aliphatic hydroxyl groups is 1. The number of nitrogens with zero attached hydrogens (tertiary/aromatic N) is 1. The van der Waals surface area contributed by atoms with Gasteiger partial charge in [-0.15, -0.1) is 0 Å². The number of ether oxygens (including phenoxy) is 1. The lowest BCUT2D eigenvalue weighted by atomic mass is 9.99. The Kier molecular flexibility index (Phi) is 2.54. The van der Waals surface area contributed by atoms with Gasteiger partial charge in [0, 0.05) is 0 Å². The van der Waals surface area contributed by atoms with Crippen molar-refractivity contribution >= 4 is 34.8 Å². The van der Waals surface area contributed by atoms with Crippen molar-refractivity contribution in [2.75, 3.05) is 0 Å². The first-order valence-electron chi connectivity index (χ1n) is 4.96. The van der Waals surface area contributed by atoms with Crippen LogP contribution < -0.4 is 4.74 Å². The number of halogens is 3. The van der Waals surface area contributed by atoms with Crippen molar-refractivity contribution in [3.05, 3.63) is 36.0 Å². The summed E-state index contributed by atoms with van der Waals surface area (Å²) in [6, 6.07) is 6.94. The van der Waals surface area contributed by atoms with E-state index >= 15 is 0 Å². The Morgan fingerprint density at radius 3 is 2.67 bits per heavy atom. The number of para-hydroxylation sites is 1. The number of hydrogen-bond acceptors (Lipinski definition) is 4. The van der Waals surface area contributed by atoms with Gasteiger partial charge in [0.05, 0.1) is 17.3 Å². The molecule has 0 radical (unpaired) electrons. The van der Waals surface area contributed by atoms with E-state index in [1.54, 1.807) is 24.3 Å². The number of hydrogen-bond donors (Lipinski definition) is 1. The van der Waals surface area contributed by atoms with E-state index in [-0.39, 0.29) is 5.56 Å². The zero-order valence-electron chi connectivity index (χ0n) is 8.73. The van der Waals surface area contributed by atoms with Crippen molar-refractivity contribution in [1.29, 1.82) is 0 Å². The minimum absolute atomic E-state index is 0.182. The van der Waals surface area contributed by atoms with E-state index in [1.165, 1.54) is 6.20 Å². The van der Waals surface area contributed by atoms with Crippen molar-refractivity contribution in [3.63, 3.8) is 0 Å². The molecule has 1 N–H and O–H groups in total. The molecule has 0 bridgehead atoms. The lowest BCUT2D eigenvalue weighted by Crippen LogP contribution is -2.46. The molecule has 0 aliphatic carbocycles. The second kappa shape index (κ2) is 3.78. The van der Waals surface area contributed by atoms with Crippen LogP contribution in [-0.4, -0.2) is 14.1 Å². The van der Waals surface area contributed by atoms with Gasteiger partial charge in [0.25, 0.3) is 9.58 Å². The molecule has 1 aromatic heterocycles. The van der Waals surface area contributed by atoms with E-state index in [4.69, 9.17) is 44.1 Å². The summed E-state index contributed by atoms with van der Waals surface area (Å²) in [6.07, 6.45) is 1.27. The third-order valence-corrected chi connectivity index (χ3v) is 3.48. The van der Waals surface area contributed by atoms with Crippen LogP contribution in [0, 0.1) is 0 Å². The molecule has 1 aliphatic heterocycles. The van der Waals surface area contributed by atoms with Gasteiger partial charge in [-0.05, 0) is 12.1 Å². The minimum atomic E-state index is -2.14. The number of rotatable bonds is 0. The van der Waals surface area contributed by atoms with E-state index < -0.39 is 9.58 Å². The summed E-state index contributed by atoms with van der Waals surface area (Å²) in [6.45, 7) is 0. The van der Waals surface area contributed by atoms with Crippen LogP contribution in [0.5, 0.6) is 5.75 Å². The molecule has 1 aromatic carbocycles. The zero-order chi connectivity index (χ0) is 13.0. The highest BCUT2D eigenvalue weighted by molar-refractivity contribution is 6.68. The molecule has 2 heterocycles. The molecular formula is C11H6Cl3NO3. The second-order valence-corrected chi connectivity index (χ2v) is 6.09. The third-order valence-electron chi connectivity index (χ3n) is 2.71. The highest BCUT2D eigenvalue weighted by atomic mass is 35.6. The average molecular weight is 307 g/mol. The third kappa shape index (κ3) is 1.53. The predicted octanol–water partition coefficient (Wildman–Crippen LogP) is 3.25. The van der Waals surface area contributed by atoms with Crippen molar-refractivity contribution in [2.45, 2.75) is 9.58 Å². The highest BCUT2D eigenvalue weighted by Crippen LogP contribution is 2.53. The van der Waals surface area contributed by atoms with E-state index in [0.29, 0.717) is 17.1 Å². The molecule has 0 spiro atoms. The van der Waals surface area contributed by atoms with Crippen LogP contribution in [0.25, 0.3) is 11.3 Å². The standard InChI is InChI=1S/C11H6Cl3NO3/c12-11(13,14)10(16)7-5-15-18-9(7)6-3-1-2-4-8(6)17-10/h1-5,16H. The SMILES string of the molecule is OC1(C(Cl)(Cl)Cl)Oc2ccccc2-c2oncc21. The van der Waals surface area contributed by atoms with Gasteiger partial charge in [-0.1, -0.05) is 52.1 Å². The van der Waals surface area contributed by atoms with Gasteiger partial charge in [0.15, 0.2) is 5.76 Å². The van der Waals surface area contributed by atoms with Crippen LogP contribution in [-0.2, 0) is 5.79 Å². The van der Waals surface area contributed by atoms with Crippen molar-refractivity contribution in [2.24, 2.45) is 0 Å². The first kappa shape index (κ1) is 12.1. The maximum atomic E-state index is 10.5. The normalized spacial score (nSPS) is 22.0. The fraction of sp³-hybridized carbons (Fsp3) is 0.182. The van der Waals surface area contributed by atoms with Gasteiger partial charge in [0.2, 0.25) is 0 Å². The van der Waals surface area contributed by atoms with Gasteiger partial charge in [-0.25, -0.2) is 0 Å². The van der Waals surface area contributed by atoms with Crippen LogP contribution in [0.1, 0.15) is 5.56 Å². The first-order chi connectivity index (χ1) is 8.43. The van der Waals surface area contributed by atoms with Crippen LogP contribution >= 0.6 is 34.8 Å².